The van der Waals surface area contributed by atoms with Gasteiger partial charge in [-0.05, 0) is 55.2 Å². The number of amides is 2. The van der Waals surface area contributed by atoms with E-state index in [1.54, 1.807) is 14.2 Å². The van der Waals surface area contributed by atoms with Gasteiger partial charge in [0.1, 0.15) is 5.75 Å². The van der Waals surface area contributed by atoms with Gasteiger partial charge in [-0.25, -0.2) is 0 Å². The van der Waals surface area contributed by atoms with E-state index < -0.39 is 0 Å². The van der Waals surface area contributed by atoms with Crippen LogP contribution in [0.25, 0.3) is 0 Å². The molecule has 0 radical (unpaired) electrons. The van der Waals surface area contributed by atoms with Crippen LogP contribution in [0.3, 0.4) is 0 Å². The van der Waals surface area contributed by atoms with Crippen molar-refractivity contribution in [2.24, 2.45) is 28.7 Å². The number of aliphatic imine (C=N–C) groups is 1. The molecule has 1 saturated carbocycles. The quantitative estimate of drug-likeness (QED) is 0.208. The van der Waals surface area contributed by atoms with E-state index in [9.17, 15) is 9.59 Å². The first-order chi connectivity index (χ1) is 15.1. The zero-order valence-electron chi connectivity index (χ0n) is 18.3. The zero-order valence-corrected chi connectivity index (χ0v) is 18.3. The van der Waals surface area contributed by atoms with E-state index in [0.29, 0.717) is 19.5 Å². The molecule has 4 unspecified atom stereocenters. The number of likely N-dealkylation sites (tertiary alicyclic amines) is 1. The minimum Gasteiger partial charge on any atom is -0.497 e. The minimum atomic E-state index is -0.102. The summed E-state index contributed by atoms with van der Waals surface area (Å²) in [6.45, 7) is 1.94. The van der Waals surface area contributed by atoms with Gasteiger partial charge in [-0.2, -0.15) is 0 Å². The van der Waals surface area contributed by atoms with Gasteiger partial charge in [0.25, 0.3) is 0 Å². The number of nitrogens with zero attached hydrogens (tertiary/aromatic N) is 2. The number of carbonyl (C=O) groups is 2. The SMILES string of the molecule is CN=C(NCCCc1cccc(OC)c1)NCCCN1C(=O)C2C3C=CC(C3)C2C1=O. The smallest absolute Gasteiger partial charge is 0.233 e. The second-order valence-electron chi connectivity index (χ2n) is 8.56. The van der Waals surface area contributed by atoms with E-state index in [1.165, 1.54) is 10.5 Å². The van der Waals surface area contributed by atoms with Crippen molar-refractivity contribution in [1.82, 2.24) is 15.5 Å². The van der Waals surface area contributed by atoms with Crippen LogP contribution in [0.15, 0.2) is 41.4 Å². The van der Waals surface area contributed by atoms with Crippen molar-refractivity contribution >= 4 is 17.8 Å². The topological polar surface area (TPSA) is 83.0 Å². The average molecular weight is 425 g/mol. The summed E-state index contributed by atoms with van der Waals surface area (Å²) < 4.78 is 5.26. The molecule has 2 amide bonds. The number of methoxy groups -OCH3 is 1. The summed E-state index contributed by atoms with van der Waals surface area (Å²) in [5, 5.41) is 6.60. The van der Waals surface area contributed by atoms with Crippen LogP contribution in [-0.4, -0.2) is 56.5 Å². The summed E-state index contributed by atoms with van der Waals surface area (Å²) in [5.74, 6) is 2.03. The Morgan fingerprint density at radius 1 is 1.10 bits per heavy atom. The number of guanidine groups is 1. The highest BCUT2D eigenvalue weighted by molar-refractivity contribution is 6.06. The van der Waals surface area contributed by atoms with Crippen molar-refractivity contribution in [2.45, 2.75) is 25.7 Å². The van der Waals surface area contributed by atoms with E-state index in [2.05, 4.69) is 39.9 Å². The molecule has 2 N–H and O–H groups in total. The molecule has 2 fully saturated rings. The number of imide groups is 1. The molecular formula is C24H32N4O3. The maximum atomic E-state index is 12.7. The number of benzene rings is 1. The fourth-order valence-electron chi connectivity index (χ4n) is 5.18. The van der Waals surface area contributed by atoms with Crippen LogP contribution in [-0.2, 0) is 16.0 Å². The molecule has 2 bridgehead atoms. The molecule has 1 saturated heterocycles. The number of ether oxygens (including phenoxy) is 1. The molecule has 2 aliphatic carbocycles. The molecule has 7 heteroatoms. The fourth-order valence-corrected chi connectivity index (χ4v) is 5.18. The second kappa shape index (κ2) is 9.54. The number of fused-ring (bicyclic) bond motifs is 5. The van der Waals surface area contributed by atoms with Crippen LogP contribution in [0.4, 0.5) is 0 Å². The van der Waals surface area contributed by atoms with Crippen molar-refractivity contribution in [1.29, 1.82) is 0 Å². The Labute approximate surface area is 183 Å². The van der Waals surface area contributed by atoms with E-state index in [1.807, 2.05) is 12.1 Å². The second-order valence-corrected chi connectivity index (χ2v) is 8.56. The molecule has 1 aromatic carbocycles. The monoisotopic (exact) mass is 424 g/mol. The maximum absolute atomic E-state index is 12.7. The lowest BCUT2D eigenvalue weighted by Gasteiger charge is -2.18. The Bertz CT molecular complexity index is 851. The molecule has 0 spiro atoms. The number of allylic oxidation sites excluding steroid dienone is 2. The summed E-state index contributed by atoms with van der Waals surface area (Å²) in [5.41, 5.74) is 1.25. The third kappa shape index (κ3) is 4.45. The Morgan fingerprint density at radius 2 is 1.77 bits per heavy atom. The van der Waals surface area contributed by atoms with Crippen LogP contribution >= 0.6 is 0 Å². The van der Waals surface area contributed by atoms with Gasteiger partial charge in [-0.1, -0.05) is 24.3 Å². The highest BCUT2D eigenvalue weighted by Gasteiger charge is 2.58. The van der Waals surface area contributed by atoms with Crippen LogP contribution in [0.1, 0.15) is 24.8 Å². The van der Waals surface area contributed by atoms with Gasteiger partial charge in [0.2, 0.25) is 11.8 Å². The first-order valence-electron chi connectivity index (χ1n) is 11.2. The highest BCUT2D eigenvalue weighted by Crippen LogP contribution is 2.52. The Balaban J connectivity index is 1.14. The minimum absolute atomic E-state index is 0.0342. The van der Waals surface area contributed by atoms with Gasteiger partial charge < -0.3 is 15.4 Å². The van der Waals surface area contributed by atoms with Gasteiger partial charge in [0.05, 0.1) is 18.9 Å². The van der Waals surface area contributed by atoms with Gasteiger partial charge in [0.15, 0.2) is 5.96 Å². The number of aryl methyl sites for hydroxylation is 1. The first-order valence-corrected chi connectivity index (χ1v) is 11.2. The molecular weight excluding hydrogens is 392 g/mol. The molecule has 4 rings (SSSR count). The standard InChI is InChI=1S/C24H32N4O3/c1-25-24(26-11-4-7-16-6-3-8-19(14-16)31-2)27-12-5-13-28-22(29)20-17-9-10-18(15-17)21(20)23(28)30/h3,6,8-10,14,17-18,20-21H,4-5,7,11-13,15H2,1-2H3,(H2,25,26,27). The predicted molar refractivity (Wildman–Crippen MR) is 120 cm³/mol. The maximum Gasteiger partial charge on any atom is 0.233 e. The first kappa shape index (κ1) is 21.4. The number of hydrogen-bond acceptors (Lipinski definition) is 4. The predicted octanol–water partition coefficient (Wildman–Crippen LogP) is 1.99. The Morgan fingerprint density at radius 3 is 2.42 bits per heavy atom. The van der Waals surface area contributed by atoms with Crippen LogP contribution in [0, 0.1) is 23.7 Å². The van der Waals surface area contributed by atoms with Crippen LogP contribution in [0.5, 0.6) is 5.75 Å². The lowest BCUT2D eigenvalue weighted by Crippen LogP contribution is -2.40. The zero-order chi connectivity index (χ0) is 21.8. The van der Waals surface area contributed by atoms with Crippen molar-refractivity contribution in [3.05, 3.63) is 42.0 Å². The molecule has 31 heavy (non-hydrogen) atoms. The molecule has 1 heterocycles. The number of nitrogens with one attached hydrogen (secondary N) is 2. The van der Waals surface area contributed by atoms with E-state index >= 15 is 0 Å². The average Bonchev–Trinajstić information content (AvgIpc) is 3.47. The van der Waals surface area contributed by atoms with Gasteiger partial charge in [0, 0.05) is 26.7 Å². The van der Waals surface area contributed by atoms with Crippen molar-refractivity contribution in [3.8, 4) is 5.75 Å². The molecule has 1 aliphatic heterocycles. The number of rotatable bonds is 9. The molecule has 0 aromatic heterocycles. The highest BCUT2D eigenvalue weighted by atomic mass is 16.5. The lowest BCUT2D eigenvalue weighted by atomic mass is 9.85. The van der Waals surface area contributed by atoms with Gasteiger partial charge in [-0.3, -0.25) is 19.5 Å². The Kier molecular flexibility index (Phi) is 6.59. The summed E-state index contributed by atoms with van der Waals surface area (Å²) >= 11 is 0. The summed E-state index contributed by atoms with van der Waals surface area (Å²) in [6.07, 6.45) is 7.88. The van der Waals surface area contributed by atoms with Crippen molar-refractivity contribution in [2.75, 3.05) is 33.8 Å². The number of carbonyl (C=O) groups excluding carboxylic acids is 2. The molecule has 3 aliphatic rings. The summed E-state index contributed by atoms with van der Waals surface area (Å²) in [7, 11) is 3.42. The largest absolute Gasteiger partial charge is 0.497 e. The number of hydrogen-bond donors (Lipinski definition) is 2. The normalized spacial score (nSPS) is 26.5. The van der Waals surface area contributed by atoms with E-state index in [4.69, 9.17) is 4.74 Å². The Hall–Kier alpha value is -2.83. The lowest BCUT2D eigenvalue weighted by molar-refractivity contribution is -0.140. The summed E-state index contributed by atoms with van der Waals surface area (Å²) in [6, 6.07) is 8.12. The van der Waals surface area contributed by atoms with Gasteiger partial charge in [-0.15, -0.1) is 0 Å². The van der Waals surface area contributed by atoms with Crippen LogP contribution in [0.2, 0.25) is 0 Å². The molecule has 1 aromatic rings. The molecule has 166 valence electrons. The van der Waals surface area contributed by atoms with Gasteiger partial charge >= 0.3 is 0 Å². The van der Waals surface area contributed by atoms with Crippen LogP contribution < -0.4 is 15.4 Å². The third-order valence-corrected chi connectivity index (χ3v) is 6.71. The summed E-state index contributed by atoms with van der Waals surface area (Å²) in [4.78, 5) is 31.2. The van der Waals surface area contributed by atoms with Crippen molar-refractivity contribution in [3.63, 3.8) is 0 Å². The van der Waals surface area contributed by atoms with E-state index in [0.717, 1.165) is 37.5 Å². The van der Waals surface area contributed by atoms with Crippen molar-refractivity contribution < 1.29 is 14.3 Å². The third-order valence-electron chi connectivity index (χ3n) is 6.71. The molecule has 7 nitrogen and oxygen atoms in total. The van der Waals surface area contributed by atoms with E-state index in [-0.39, 0.29) is 35.5 Å². The molecule has 4 atom stereocenters. The fraction of sp³-hybridized carbons (Fsp3) is 0.542.